The number of Topliss-reactive ketones (excluding diaryl/α,β-unsaturated/α-hetero) is 1. The first-order valence-corrected chi connectivity index (χ1v) is 5.53. The lowest BCUT2D eigenvalue weighted by molar-refractivity contribution is -0.122. The first kappa shape index (κ1) is 7.78. The summed E-state index contributed by atoms with van der Waals surface area (Å²) in [6.07, 6.45) is 12.0. The van der Waals surface area contributed by atoms with Gasteiger partial charge in [0.15, 0.2) is 0 Å². The van der Waals surface area contributed by atoms with Gasteiger partial charge in [0.1, 0.15) is 5.78 Å². The van der Waals surface area contributed by atoms with Crippen molar-refractivity contribution in [3.8, 4) is 0 Å². The van der Waals surface area contributed by atoms with Gasteiger partial charge >= 0.3 is 0 Å². The van der Waals surface area contributed by atoms with E-state index in [-0.39, 0.29) is 0 Å². The van der Waals surface area contributed by atoms with E-state index in [1.54, 1.807) is 0 Å². The van der Waals surface area contributed by atoms with Crippen LogP contribution in [0.5, 0.6) is 0 Å². The summed E-state index contributed by atoms with van der Waals surface area (Å²) in [5.74, 6) is 1.44. The van der Waals surface area contributed by atoms with Crippen LogP contribution in [0.3, 0.4) is 0 Å². The van der Waals surface area contributed by atoms with Crippen LogP contribution < -0.4 is 0 Å². The molecule has 13 heavy (non-hydrogen) atoms. The van der Waals surface area contributed by atoms with Crippen LogP contribution in [0.2, 0.25) is 0 Å². The molecule has 3 aliphatic carbocycles. The molecular weight excluding hydrogens is 160 g/mol. The molecule has 0 aromatic rings. The van der Waals surface area contributed by atoms with Crippen molar-refractivity contribution in [3.63, 3.8) is 0 Å². The lowest BCUT2D eigenvalue weighted by Gasteiger charge is -2.35. The first-order chi connectivity index (χ1) is 6.32. The number of fused-ring (bicyclic) bond motifs is 3. The minimum atomic E-state index is 0.332. The average molecular weight is 176 g/mol. The number of carbonyl (C=O) groups is 1. The number of carbonyl (C=O) groups excluding carboxylic acids is 1. The average Bonchev–Trinajstić information content (AvgIpc) is 2.61. The lowest BCUT2D eigenvalue weighted by Crippen LogP contribution is -2.28. The molecule has 0 aromatic carbocycles. The van der Waals surface area contributed by atoms with Crippen molar-refractivity contribution in [2.45, 2.75) is 38.5 Å². The number of ketones is 1. The smallest absolute Gasteiger partial charge is 0.139 e. The van der Waals surface area contributed by atoms with Crippen molar-refractivity contribution in [2.75, 3.05) is 0 Å². The van der Waals surface area contributed by atoms with Crippen LogP contribution in [0.15, 0.2) is 12.2 Å². The molecule has 0 aliphatic heterocycles. The van der Waals surface area contributed by atoms with Gasteiger partial charge in [0.25, 0.3) is 0 Å². The van der Waals surface area contributed by atoms with Gasteiger partial charge in [-0.05, 0) is 43.9 Å². The second-order valence-electron chi connectivity index (χ2n) is 4.96. The predicted octanol–water partition coefficient (Wildman–Crippen LogP) is 2.71. The van der Waals surface area contributed by atoms with Crippen molar-refractivity contribution in [3.05, 3.63) is 12.2 Å². The highest BCUT2D eigenvalue weighted by molar-refractivity contribution is 5.89. The molecule has 1 nitrogen and oxygen atoms in total. The lowest BCUT2D eigenvalue weighted by atomic mass is 9.68. The Kier molecular flexibility index (Phi) is 1.47. The Morgan fingerprint density at radius 2 is 2.31 bits per heavy atom. The van der Waals surface area contributed by atoms with Crippen LogP contribution in [0.25, 0.3) is 0 Å². The summed E-state index contributed by atoms with van der Waals surface area (Å²) in [5.41, 5.74) is 0.332. The number of hydrogen-bond acceptors (Lipinski definition) is 1. The second-order valence-corrected chi connectivity index (χ2v) is 4.96. The predicted molar refractivity (Wildman–Crippen MR) is 51.3 cm³/mol. The summed E-state index contributed by atoms with van der Waals surface area (Å²) < 4.78 is 0. The van der Waals surface area contributed by atoms with Gasteiger partial charge in [0, 0.05) is 11.8 Å². The van der Waals surface area contributed by atoms with Gasteiger partial charge in [-0.15, -0.1) is 0 Å². The van der Waals surface area contributed by atoms with Gasteiger partial charge in [-0.25, -0.2) is 0 Å². The van der Waals surface area contributed by atoms with Crippen molar-refractivity contribution in [1.82, 2.24) is 0 Å². The monoisotopic (exact) mass is 176 g/mol. The van der Waals surface area contributed by atoms with Crippen molar-refractivity contribution in [1.29, 1.82) is 0 Å². The normalized spacial score (nSPS) is 47.8. The van der Waals surface area contributed by atoms with Gasteiger partial charge in [0.2, 0.25) is 0 Å². The Balaban J connectivity index is 1.97. The van der Waals surface area contributed by atoms with E-state index in [0.29, 0.717) is 23.0 Å². The highest BCUT2D eigenvalue weighted by Gasteiger charge is 2.55. The number of hydrogen-bond donors (Lipinski definition) is 0. The van der Waals surface area contributed by atoms with E-state index in [2.05, 4.69) is 12.2 Å². The zero-order valence-electron chi connectivity index (χ0n) is 7.96. The van der Waals surface area contributed by atoms with E-state index in [1.807, 2.05) is 0 Å². The maximum absolute atomic E-state index is 11.8. The third-order valence-electron chi connectivity index (χ3n) is 4.33. The summed E-state index contributed by atoms with van der Waals surface area (Å²) in [6, 6.07) is 0. The van der Waals surface area contributed by atoms with Crippen LogP contribution in [-0.2, 0) is 4.79 Å². The van der Waals surface area contributed by atoms with E-state index in [4.69, 9.17) is 0 Å². The molecule has 2 saturated carbocycles. The van der Waals surface area contributed by atoms with E-state index >= 15 is 0 Å². The third kappa shape index (κ3) is 0.905. The summed E-state index contributed by atoms with van der Waals surface area (Å²) in [6.45, 7) is 0. The zero-order chi connectivity index (χ0) is 8.89. The molecule has 2 bridgehead atoms. The van der Waals surface area contributed by atoms with Crippen LogP contribution >= 0.6 is 0 Å². The maximum atomic E-state index is 11.8. The summed E-state index contributed by atoms with van der Waals surface area (Å²) in [4.78, 5) is 11.8. The summed E-state index contributed by atoms with van der Waals surface area (Å²) in [5, 5.41) is 0. The Morgan fingerprint density at radius 3 is 2.85 bits per heavy atom. The molecule has 0 saturated heterocycles. The molecule has 3 rings (SSSR count). The molecule has 3 unspecified atom stereocenters. The molecule has 1 spiro atoms. The van der Waals surface area contributed by atoms with E-state index in [1.165, 1.54) is 38.5 Å². The SMILES string of the molecule is O=C1C2CCC1C1(C=CCCC1)C2. The van der Waals surface area contributed by atoms with Gasteiger partial charge in [0.05, 0.1) is 0 Å². The third-order valence-corrected chi connectivity index (χ3v) is 4.33. The van der Waals surface area contributed by atoms with Crippen molar-refractivity contribution < 1.29 is 4.79 Å². The fourth-order valence-electron chi connectivity index (χ4n) is 3.72. The number of allylic oxidation sites excluding steroid dienone is 2. The zero-order valence-corrected chi connectivity index (χ0v) is 7.96. The highest BCUT2D eigenvalue weighted by atomic mass is 16.1. The van der Waals surface area contributed by atoms with Gasteiger partial charge in [-0.3, -0.25) is 4.79 Å². The molecule has 0 amide bonds. The fraction of sp³-hybridized carbons (Fsp3) is 0.750. The molecule has 0 radical (unpaired) electrons. The molecule has 0 aromatic heterocycles. The van der Waals surface area contributed by atoms with Gasteiger partial charge in [-0.1, -0.05) is 12.2 Å². The molecular formula is C12H16O. The summed E-state index contributed by atoms with van der Waals surface area (Å²) >= 11 is 0. The number of rotatable bonds is 0. The molecule has 3 atom stereocenters. The second kappa shape index (κ2) is 2.46. The molecule has 1 heteroatoms. The van der Waals surface area contributed by atoms with Crippen LogP contribution in [0, 0.1) is 17.3 Å². The Morgan fingerprint density at radius 1 is 1.38 bits per heavy atom. The molecule has 0 heterocycles. The van der Waals surface area contributed by atoms with Crippen LogP contribution in [0.4, 0.5) is 0 Å². The molecule has 0 N–H and O–H groups in total. The topological polar surface area (TPSA) is 17.1 Å². The largest absolute Gasteiger partial charge is 0.299 e. The van der Waals surface area contributed by atoms with E-state index < -0.39 is 0 Å². The van der Waals surface area contributed by atoms with Crippen molar-refractivity contribution in [2.24, 2.45) is 17.3 Å². The van der Waals surface area contributed by atoms with Crippen LogP contribution in [-0.4, -0.2) is 5.78 Å². The quantitative estimate of drug-likeness (QED) is 0.519. The minimum absolute atomic E-state index is 0.332. The van der Waals surface area contributed by atoms with Crippen molar-refractivity contribution >= 4 is 5.78 Å². The molecule has 3 aliphatic rings. The molecule has 70 valence electrons. The minimum Gasteiger partial charge on any atom is -0.299 e. The van der Waals surface area contributed by atoms with Crippen LogP contribution in [0.1, 0.15) is 38.5 Å². The maximum Gasteiger partial charge on any atom is 0.139 e. The summed E-state index contributed by atoms with van der Waals surface area (Å²) in [7, 11) is 0. The van der Waals surface area contributed by atoms with Gasteiger partial charge in [-0.2, -0.15) is 0 Å². The molecule has 2 fully saturated rings. The Labute approximate surface area is 79.2 Å². The van der Waals surface area contributed by atoms with E-state index in [0.717, 1.165) is 0 Å². The van der Waals surface area contributed by atoms with Gasteiger partial charge < -0.3 is 0 Å². The Hall–Kier alpha value is -0.590. The first-order valence-electron chi connectivity index (χ1n) is 5.53. The van der Waals surface area contributed by atoms with E-state index in [9.17, 15) is 4.79 Å². The fourth-order valence-corrected chi connectivity index (χ4v) is 3.72. The standard InChI is InChI=1S/C12H16O/c13-11-9-4-5-10(11)12(8-9)6-2-1-3-7-12/h2,6,9-10H,1,3-5,7-8H2. The highest BCUT2D eigenvalue weighted by Crippen LogP contribution is 2.57. The Bertz CT molecular complexity index is 279.